The van der Waals surface area contributed by atoms with Gasteiger partial charge in [0.1, 0.15) is 5.76 Å². The number of guanidine groups is 1. The van der Waals surface area contributed by atoms with Crippen LogP contribution in [0.15, 0.2) is 33.7 Å². The van der Waals surface area contributed by atoms with Crippen molar-refractivity contribution in [1.29, 1.82) is 0 Å². The fourth-order valence-electron chi connectivity index (χ4n) is 3.71. The molecule has 1 aromatic carbocycles. The number of benzene rings is 1. The predicted octanol–water partition coefficient (Wildman–Crippen LogP) is 3.77. The zero-order valence-corrected chi connectivity index (χ0v) is 21.6. The first-order valence-corrected chi connectivity index (χ1v) is 10.8. The molecule has 8 heteroatoms. The van der Waals surface area contributed by atoms with Crippen LogP contribution in [0.25, 0.3) is 0 Å². The number of morpholine rings is 1. The minimum absolute atomic E-state index is 0. The van der Waals surface area contributed by atoms with Crippen LogP contribution in [0, 0.1) is 13.8 Å². The van der Waals surface area contributed by atoms with Gasteiger partial charge in [-0.3, -0.25) is 4.90 Å². The number of halogens is 1. The SMILES string of the molecule is CCNC(=NCc1ccc(CN2CC(C)OC(C)C2)cc1)NCc1nc(C)c(C)o1.I. The van der Waals surface area contributed by atoms with E-state index in [4.69, 9.17) is 14.1 Å². The standard InChI is InChI=1S/C23H35N5O2.HI/c1-6-24-23(26-12-22-27-18(4)19(5)30-22)25-11-20-7-9-21(10-8-20)15-28-13-16(2)29-17(3)14-28;/h7-10,16-17H,6,11-15H2,1-5H3,(H2,24,25,26);1H. The number of nitrogens with one attached hydrogen (secondary N) is 2. The molecule has 0 saturated carbocycles. The van der Waals surface area contributed by atoms with E-state index in [0.717, 1.165) is 43.6 Å². The normalized spacial score (nSPS) is 19.7. The van der Waals surface area contributed by atoms with Crippen LogP contribution in [-0.4, -0.2) is 47.7 Å². The quantitative estimate of drug-likeness (QED) is 0.316. The fraction of sp³-hybridized carbons (Fsp3) is 0.565. The van der Waals surface area contributed by atoms with Gasteiger partial charge in [-0.25, -0.2) is 9.98 Å². The highest BCUT2D eigenvalue weighted by molar-refractivity contribution is 14.0. The Morgan fingerprint density at radius 2 is 1.74 bits per heavy atom. The molecular weight excluding hydrogens is 505 g/mol. The van der Waals surface area contributed by atoms with Gasteiger partial charge in [0, 0.05) is 26.2 Å². The van der Waals surface area contributed by atoms with Crippen molar-refractivity contribution >= 4 is 29.9 Å². The van der Waals surface area contributed by atoms with Crippen LogP contribution in [0.1, 0.15) is 49.2 Å². The van der Waals surface area contributed by atoms with Crippen LogP contribution >= 0.6 is 24.0 Å². The van der Waals surface area contributed by atoms with Crippen LogP contribution in [0.2, 0.25) is 0 Å². The number of rotatable bonds is 7. The molecule has 1 aliphatic rings. The molecule has 3 rings (SSSR count). The third-order valence-electron chi connectivity index (χ3n) is 5.17. The predicted molar refractivity (Wildman–Crippen MR) is 135 cm³/mol. The maximum Gasteiger partial charge on any atom is 0.214 e. The van der Waals surface area contributed by atoms with Crippen molar-refractivity contribution in [2.24, 2.45) is 4.99 Å². The summed E-state index contributed by atoms with van der Waals surface area (Å²) in [5.74, 6) is 2.29. The molecule has 31 heavy (non-hydrogen) atoms. The lowest BCUT2D eigenvalue weighted by molar-refractivity contribution is -0.0704. The van der Waals surface area contributed by atoms with E-state index >= 15 is 0 Å². The molecule has 2 N–H and O–H groups in total. The number of aromatic nitrogens is 1. The minimum atomic E-state index is 0. The van der Waals surface area contributed by atoms with Crippen LogP contribution in [0.3, 0.4) is 0 Å². The van der Waals surface area contributed by atoms with Gasteiger partial charge in [-0.1, -0.05) is 24.3 Å². The number of nitrogens with zero attached hydrogens (tertiary/aromatic N) is 3. The summed E-state index contributed by atoms with van der Waals surface area (Å²) < 4.78 is 11.5. The van der Waals surface area contributed by atoms with Gasteiger partial charge < -0.3 is 19.8 Å². The Bertz CT molecular complexity index is 807. The topological polar surface area (TPSA) is 74.9 Å². The number of ether oxygens (including phenoxy) is 1. The Morgan fingerprint density at radius 1 is 1.10 bits per heavy atom. The van der Waals surface area contributed by atoms with Crippen molar-refractivity contribution < 1.29 is 9.15 Å². The molecule has 2 atom stereocenters. The maximum atomic E-state index is 5.82. The third kappa shape index (κ3) is 8.08. The molecule has 0 bridgehead atoms. The zero-order valence-electron chi connectivity index (χ0n) is 19.3. The molecule has 1 fully saturated rings. The van der Waals surface area contributed by atoms with Gasteiger partial charge in [0.25, 0.3) is 0 Å². The van der Waals surface area contributed by atoms with Crippen molar-refractivity contribution in [3.05, 3.63) is 52.7 Å². The first-order valence-electron chi connectivity index (χ1n) is 10.8. The first-order chi connectivity index (χ1) is 14.4. The molecule has 2 unspecified atom stereocenters. The van der Waals surface area contributed by atoms with Crippen molar-refractivity contribution in [3.63, 3.8) is 0 Å². The number of aliphatic imine (C=N–C) groups is 1. The van der Waals surface area contributed by atoms with E-state index in [1.54, 1.807) is 0 Å². The summed E-state index contributed by atoms with van der Waals surface area (Å²) in [6.45, 7) is 15.1. The summed E-state index contributed by atoms with van der Waals surface area (Å²) in [5.41, 5.74) is 3.43. The van der Waals surface area contributed by atoms with E-state index in [-0.39, 0.29) is 24.0 Å². The summed E-state index contributed by atoms with van der Waals surface area (Å²) in [6.07, 6.45) is 0.590. The number of hydrogen-bond acceptors (Lipinski definition) is 5. The molecule has 2 aromatic rings. The Labute approximate surface area is 203 Å². The molecule has 2 heterocycles. The molecule has 1 saturated heterocycles. The van der Waals surface area contributed by atoms with Gasteiger partial charge in [0.15, 0.2) is 5.96 Å². The number of oxazole rings is 1. The van der Waals surface area contributed by atoms with Gasteiger partial charge in [0.2, 0.25) is 5.89 Å². The van der Waals surface area contributed by atoms with E-state index in [1.165, 1.54) is 11.1 Å². The maximum absolute atomic E-state index is 5.82. The Hall–Kier alpha value is -1.65. The molecule has 7 nitrogen and oxygen atoms in total. The van der Waals surface area contributed by atoms with Crippen molar-refractivity contribution in [3.8, 4) is 0 Å². The number of hydrogen-bond donors (Lipinski definition) is 2. The highest BCUT2D eigenvalue weighted by Gasteiger charge is 2.21. The minimum Gasteiger partial charge on any atom is -0.444 e. The summed E-state index contributed by atoms with van der Waals surface area (Å²) in [5, 5.41) is 6.55. The lowest BCUT2D eigenvalue weighted by Gasteiger charge is -2.35. The zero-order chi connectivity index (χ0) is 21.5. The monoisotopic (exact) mass is 541 g/mol. The fourth-order valence-corrected chi connectivity index (χ4v) is 3.71. The van der Waals surface area contributed by atoms with E-state index in [9.17, 15) is 0 Å². The van der Waals surface area contributed by atoms with Crippen molar-refractivity contribution in [2.75, 3.05) is 19.6 Å². The molecule has 1 aliphatic heterocycles. The largest absolute Gasteiger partial charge is 0.444 e. The summed E-state index contributed by atoms with van der Waals surface area (Å²) >= 11 is 0. The first kappa shape index (κ1) is 25.6. The second kappa shape index (κ2) is 12.4. The average molecular weight is 541 g/mol. The van der Waals surface area contributed by atoms with Crippen LogP contribution < -0.4 is 10.6 Å². The lowest BCUT2D eigenvalue weighted by atomic mass is 10.1. The van der Waals surface area contributed by atoms with Gasteiger partial charge in [0.05, 0.1) is 31.0 Å². The lowest BCUT2D eigenvalue weighted by Crippen LogP contribution is -2.44. The van der Waals surface area contributed by atoms with Crippen molar-refractivity contribution in [2.45, 2.75) is 66.5 Å². The molecule has 0 radical (unpaired) electrons. The van der Waals surface area contributed by atoms with Gasteiger partial charge in [-0.05, 0) is 45.7 Å². The van der Waals surface area contributed by atoms with Gasteiger partial charge in [-0.2, -0.15) is 0 Å². The van der Waals surface area contributed by atoms with E-state index < -0.39 is 0 Å². The highest BCUT2D eigenvalue weighted by atomic mass is 127. The molecule has 0 amide bonds. The smallest absolute Gasteiger partial charge is 0.214 e. The molecule has 172 valence electrons. The Kier molecular flexibility index (Phi) is 10.2. The van der Waals surface area contributed by atoms with E-state index in [0.29, 0.717) is 31.2 Å². The Morgan fingerprint density at radius 3 is 2.32 bits per heavy atom. The molecule has 0 aliphatic carbocycles. The number of aryl methyl sites for hydroxylation is 2. The summed E-state index contributed by atoms with van der Waals surface area (Å²) in [6, 6.07) is 8.73. The molecule has 1 aromatic heterocycles. The summed E-state index contributed by atoms with van der Waals surface area (Å²) in [4.78, 5) is 11.6. The van der Waals surface area contributed by atoms with Crippen LogP contribution in [0.5, 0.6) is 0 Å². The molecular formula is C23H36IN5O2. The molecule has 0 spiro atoms. The summed E-state index contributed by atoms with van der Waals surface area (Å²) in [7, 11) is 0. The van der Waals surface area contributed by atoms with Gasteiger partial charge >= 0.3 is 0 Å². The third-order valence-corrected chi connectivity index (χ3v) is 5.17. The van der Waals surface area contributed by atoms with Crippen LogP contribution in [-0.2, 0) is 24.4 Å². The van der Waals surface area contributed by atoms with E-state index in [1.807, 2.05) is 13.8 Å². The van der Waals surface area contributed by atoms with Crippen molar-refractivity contribution in [1.82, 2.24) is 20.5 Å². The Balaban J connectivity index is 0.00000341. The van der Waals surface area contributed by atoms with Gasteiger partial charge in [-0.15, -0.1) is 24.0 Å². The second-order valence-corrected chi connectivity index (χ2v) is 8.07. The van der Waals surface area contributed by atoms with Crippen LogP contribution in [0.4, 0.5) is 0 Å². The van der Waals surface area contributed by atoms with E-state index in [2.05, 4.69) is 65.6 Å². The average Bonchev–Trinajstić information content (AvgIpc) is 3.02. The second-order valence-electron chi connectivity index (χ2n) is 8.07. The highest BCUT2D eigenvalue weighted by Crippen LogP contribution is 2.15.